The molecule has 0 heterocycles. The second kappa shape index (κ2) is 7.08. The topological polar surface area (TPSA) is 29.3 Å². The Bertz CT molecular complexity index is 260. The van der Waals surface area contributed by atoms with Gasteiger partial charge in [0.15, 0.2) is 0 Å². The van der Waals surface area contributed by atoms with Crippen molar-refractivity contribution in [2.75, 3.05) is 13.1 Å². The van der Waals surface area contributed by atoms with Crippen LogP contribution in [-0.4, -0.2) is 30.1 Å². The summed E-state index contributed by atoms with van der Waals surface area (Å²) in [5, 5.41) is 0. The summed E-state index contributed by atoms with van der Waals surface area (Å²) in [5.74, 6) is 1.56. The van der Waals surface area contributed by atoms with Crippen molar-refractivity contribution in [1.29, 1.82) is 0 Å². The summed E-state index contributed by atoms with van der Waals surface area (Å²) in [6.07, 6.45) is 5.31. The first-order valence-electron chi connectivity index (χ1n) is 8.33. The van der Waals surface area contributed by atoms with Crippen molar-refractivity contribution in [1.82, 2.24) is 4.90 Å². The van der Waals surface area contributed by atoms with Crippen LogP contribution in [0.25, 0.3) is 0 Å². The SMILES string of the molecule is CCN(C(C)C)C1CC(C(C)(C)CC)CCC1CN. The minimum absolute atomic E-state index is 0.480. The van der Waals surface area contributed by atoms with Gasteiger partial charge in [-0.25, -0.2) is 0 Å². The lowest BCUT2D eigenvalue weighted by atomic mass is 9.65. The average Bonchev–Trinajstić information content (AvgIpc) is 2.39. The molecule has 1 rings (SSSR count). The third kappa shape index (κ3) is 3.95. The lowest BCUT2D eigenvalue weighted by Crippen LogP contribution is -2.51. The molecule has 2 heteroatoms. The maximum atomic E-state index is 6.05. The van der Waals surface area contributed by atoms with Gasteiger partial charge >= 0.3 is 0 Å². The molecular formula is C17H36N2. The van der Waals surface area contributed by atoms with Gasteiger partial charge in [-0.1, -0.05) is 34.1 Å². The fraction of sp³-hybridized carbons (Fsp3) is 1.00. The Balaban J connectivity index is 2.84. The predicted octanol–water partition coefficient (Wildman–Crippen LogP) is 3.90. The summed E-state index contributed by atoms with van der Waals surface area (Å²) in [6, 6.07) is 1.33. The zero-order chi connectivity index (χ0) is 14.6. The van der Waals surface area contributed by atoms with Crippen LogP contribution in [-0.2, 0) is 0 Å². The second-order valence-electron chi connectivity index (χ2n) is 7.34. The smallest absolute Gasteiger partial charge is 0.0141 e. The normalized spacial score (nSPS) is 29.2. The first kappa shape index (κ1) is 17.0. The van der Waals surface area contributed by atoms with Crippen LogP contribution in [0.4, 0.5) is 0 Å². The van der Waals surface area contributed by atoms with Gasteiger partial charge < -0.3 is 5.73 Å². The van der Waals surface area contributed by atoms with Gasteiger partial charge in [-0.15, -0.1) is 0 Å². The molecule has 0 aromatic carbocycles. The minimum atomic E-state index is 0.480. The summed E-state index contributed by atoms with van der Waals surface area (Å²) in [5.41, 5.74) is 6.53. The monoisotopic (exact) mass is 268 g/mol. The molecule has 3 atom stereocenters. The molecule has 1 aliphatic carbocycles. The molecule has 0 bridgehead atoms. The molecule has 0 aromatic rings. The number of hydrogen-bond donors (Lipinski definition) is 1. The van der Waals surface area contributed by atoms with Crippen LogP contribution < -0.4 is 5.73 Å². The molecule has 2 nitrogen and oxygen atoms in total. The molecule has 2 N–H and O–H groups in total. The summed E-state index contributed by atoms with van der Waals surface area (Å²) in [6.45, 7) is 16.2. The fourth-order valence-corrected chi connectivity index (χ4v) is 3.87. The lowest BCUT2D eigenvalue weighted by Gasteiger charge is -2.48. The van der Waals surface area contributed by atoms with Gasteiger partial charge in [0.25, 0.3) is 0 Å². The summed E-state index contributed by atoms with van der Waals surface area (Å²) in [7, 11) is 0. The van der Waals surface area contributed by atoms with Gasteiger partial charge in [-0.05, 0) is 63.5 Å². The zero-order valence-electron chi connectivity index (χ0n) is 14.1. The molecule has 1 aliphatic rings. The largest absolute Gasteiger partial charge is 0.330 e. The Morgan fingerprint density at radius 3 is 2.26 bits per heavy atom. The van der Waals surface area contributed by atoms with E-state index in [4.69, 9.17) is 5.73 Å². The molecule has 19 heavy (non-hydrogen) atoms. The van der Waals surface area contributed by atoms with Crippen LogP contribution in [0.2, 0.25) is 0 Å². The highest BCUT2D eigenvalue weighted by Gasteiger charge is 2.39. The van der Waals surface area contributed by atoms with E-state index >= 15 is 0 Å². The second-order valence-corrected chi connectivity index (χ2v) is 7.34. The van der Waals surface area contributed by atoms with Gasteiger partial charge in [0.2, 0.25) is 0 Å². The van der Waals surface area contributed by atoms with Crippen molar-refractivity contribution in [3.63, 3.8) is 0 Å². The molecule has 114 valence electrons. The standard InChI is InChI=1S/C17H36N2/c1-7-17(5,6)15-10-9-14(12-18)16(11-15)19(8-2)13(3)4/h13-16H,7-12,18H2,1-6H3. The van der Waals surface area contributed by atoms with Crippen LogP contribution in [0.3, 0.4) is 0 Å². The zero-order valence-corrected chi connectivity index (χ0v) is 14.1. The van der Waals surface area contributed by atoms with Gasteiger partial charge in [0.05, 0.1) is 0 Å². The van der Waals surface area contributed by atoms with Gasteiger partial charge in [0, 0.05) is 12.1 Å². The van der Waals surface area contributed by atoms with E-state index < -0.39 is 0 Å². The first-order valence-corrected chi connectivity index (χ1v) is 8.33. The maximum Gasteiger partial charge on any atom is 0.0141 e. The molecule has 0 aromatic heterocycles. The van der Waals surface area contributed by atoms with Crippen LogP contribution >= 0.6 is 0 Å². The Hall–Kier alpha value is -0.0800. The highest BCUT2D eigenvalue weighted by Crippen LogP contribution is 2.43. The first-order chi connectivity index (χ1) is 8.87. The summed E-state index contributed by atoms with van der Waals surface area (Å²) >= 11 is 0. The third-order valence-corrected chi connectivity index (χ3v) is 5.73. The van der Waals surface area contributed by atoms with Crippen molar-refractivity contribution in [2.24, 2.45) is 23.0 Å². The maximum absolute atomic E-state index is 6.05. The molecule has 0 radical (unpaired) electrons. The quantitative estimate of drug-likeness (QED) is 0.791. The molecule has 1 fully saturated rings. The fourth-order valence-electron chi connectivity index (χ4n) is 3.87. The molecule has 3 unspecified atom stereocenters. The van der Waals surface area contributed by atoms with Crippen molar-refractivity contribution in [3.8, 4) is 0 Å². The van der Waals surface area contributed by atoms with E-state index in [1.807, 2.05) is 0 Å². The van der Waals surface area contributed by atoms with E-state index in [2.05, 4.69) is 46.4 Å². The van der Waals surface area contributed by atoms with E-state index in [0.29, 0.717) is 23.4 Å². The van der Waals surface area contributed by atoms with Crippen molar-refractivity contribution in [3.05, 3.63) is 0 Å². The van der Waals surface area contributed by atoms with Gasteiger partial charge in [0.1, 0.15) is 0 Å². The highest BCUT2D eigenvalue weighted by atomic mass is 15.2. The van der Waals surface area contributed by atoms with E-state index in [1.54, 1.807) is 0 Å². The molecule has 0 amide bonds. The Morgan fingerprint density at radius 2 is 1.84 bits per heavy atom. The number of nitrogens with zero attached hydrogens (tertiary/aromatic N) is 1. The number of hydrogen-bond acceptors (Lipinski definition) is 2. The number of rotatable bonds is 6. The van der Waals surface area contributed by atoms with Crippen molar-refractivity contribution < 1.29 is 0 Å². The van der Waals surface area contributed by atoms with Crippen molar-refractivity contribution in [2.45, 2.75) is 79.3 Å². The number of nitrogens with two attached hydrogens (primary N) is 1. The van der Waals surface area contributed by atoms with Crippen LogP contribution in [0.5, 0.6) is 0 Å². The predicted molar refractivity (Wildman–Crippen MR) is 85.3 cm³/mol. The summed E-state index contributed by atoms with van der Waals surface area (Å²) < 4.78 is 0. The third-order valence-electron chi connectivity index (χ3n) is 5.73. The van der Waals surface area contributed by atoms with E-state index in [0.717, 1.165) is 19.0 Å². The molecule has 0 aliphatic heterocycles. The van der Waals surface area contributed by atoms with Crippen LogP contribution in [0, 0.1) is 17.3 Å². The Kier molecular flexibility index (Phi) is 6.32. The molecule has 1 saturated carbocycles. The van der Waals surface area contributed by atoms with Gasteiger partial charge in [-0.3, -0.25) is 4.90 Å². The Labute approximate surface area is 121 Å². The molecular weight excluding hydrogens is 232 g/mol. The Morgan fingerprint density at radius 1 is 1.21 bits per heavy atom. The summed E-state index contributed by atoms with van der Waals surface area (Å²) in [4.78, 5) is 2.68. The average molecular weight is 268 g/mol. The molecule has 0 spiro atoms. The van der Waals surface area contributed by atoms with E-state index in [-0.39, 0.29) is 0 Å². The van der Waals surface area contributed by atoms with Gasteiger partial charge in [-0.2, -0.15) is 0 Å². The molecule has 0 saturated heterocycles. The van der Waals surface area contributed by atoms with Crippen LogP contribution in [0.15, 0.2) is 0 Å². The van der Waals surface area contributed by atoms with E-state index in [9.17, 15) is 0 Å². The van der Waals surface area contributed by atoms with Crippen molar-refractivity contribution >= 4 is 0 Å². The minimum Gasteiger partial charge on any atom is -0.330 e. The highest BCUT2D eigenvalue weighted by molar-refractivity contribution is 4.92. The van der Waals surface area contributed by atoms with Crippen LogP contribution in [0.1, 0.15) is 67.2 Å². The lowest BCUT2D eigenvalue weighted by molar-refractivity contribution is 0.0250. The van der Waals surface area contributed by atoms with E-state index in [1.165, 1.54) is 25.7 Å².